The van der Waals surface area contributed by atoms with E-state index in [1.807, 2.05) is 36.4 Å². The van der Waals surface area contributed by atoms with Gasteiger partial charge in [0.05, 0.1) is 16.8 Å². The Morgan fingerprint density at radius 1 is 0.766 bits per heavy atom. The molecule has 2 atom stereocenters. The SMILES string of the molecule is N=C(/C(C(N)=O)=C1/NCCC(C2CCC(NC3CCN(CC4CCN(c5ccc6c(c5)C(=O)N(C5CCC(=O)NC5=O)C6=O)CC4)CC3)CC2)N1)c1ccc(Oc2ccccc2)cc1. The molecule has 1 saturated carbocycles. The van der Waals surface area contributed by atoms with Gasteiger partial charge in [0.15, 0.2) is 0 Å². The van der Waals surface area contributed by atoms with Gasteiger partial charge < -0.3 is 36.2 Å². The largest absolute Gasteiger partial charge is 0.457 e. The van der Waals surface area contributed by atoms with Crippen LogP contribution in [0.25, 0.3) is 0 Å². The first-order chi connectivity index (χ1) is 31.1. The third-order valence-corrected chi connectivity index (χ3v) is 14.3. The van der Waals surface area contributed by atoms with Crippen LogP contribution in [0.2, 0.25) is 0 Å². The molecule has 0 spiro atoms. The lowest BCUT2D eigenvalue weighted by molar-refractivity contribution is -0.136. The zero-order chi connectivity index (χ0) is 44.3. The van der Waals surface area contributed by atoms with Crippen LogP contribution in [0.1, 0.15) is 96.9 Å². The van der Waals surface area contributed by atoms with Crippen molar-refractivity contribution in [3.8, 4) is 11.5 Å². The number of ether oxygens (including phenoxy) is 1. The van der Waals surface area contributed by atoms with E-state index < -0.39 is 29.7 Å². The van der Waals surface area contributed by atoms with Crippen LogP contribution in [0.5, 0.6) is 11.5 Å². The van der Waals surface area contributed by atoms with Crippen molar-refractivity contribution >= 4 is 40.9 Å². The van der Waals surface area contributed by atoms with Crippen molar-refractivity contribution in [2.24, 2.45) is 17.6 Å². The molecule has 15 nitrogen and oxygen atoms in total. The lowest BCUT2D eigenvalue weighted by Gasteiger charge is -2.41. The van der Waals surface area contributed by atoms with Gasteiger partial charge in [0, 0.05) is 62.0 Å². The number of hydrogen-bond donors (Lipinski definition) is 6. The molecule has 6 aliphatic rings. The maximum Gasteiger partial charge on any atom is 0.262 e. The summed E-state index contributed by atoms with van der Waals surface area (Å²) in [5, 5.41) is 22.2. The number of piperidine rings is 3. The molecule has 5 heterocycles. The summed E-state index contributed by atoms with van der Waals surface area (Å²) in [6.07, 6.45) is 10.0. The maximum atomic E-state index is 13.4. The van der Waals surface area contributed by atoms with Gasteiger partial charge in [0.1, 0.15) is 28.9 Å². The minimum atomic E-state index is -0.963. The van der Waals surface area contributed by atoms with E-state index in [-0.39, 0.29) is 36.1 Å². The fourth-order valence-electron chi connectivity index (χ4n) is 10.7. The number of para-hydroxylation sites is 1. The summed E-state index contributed by atoms with van der Waals surface area (Å²) in [6.45, 7) is 5.75. The normalized spacial score (nSPS) is 25.6. The first-order valence-corrected chi connectivity index (χ1v) is 23.1. The van der Waals surface area contributed by atoms with Gasteiger partial charge in [-0.15, -0.1) is 0 Å². The average Bonchev–Trinajstić information content (AvgIpc) is 3.55. The molecule has 0 bridgehead atoms. The highest BCUT2D eigenvalue weighted by molar-refractivity contribution is 6.27. The van der Waals surface area contributed by atoms with Gasteiger partial charge in [-0.25, -0.2) is 0 Å². The molecule has 15 heteroatoms. The lowest BCUT2D eigenvalue weighted by Crippen LogP contribution is -2.54. The van der Waals surface area contributed by atoms with E-state index in [1.54, 1.807) is 36.4 Å². The standard InChI is InChI=1S/C49H59N9O6/c50-44(32-8-13-37(14-9-32)64-36-4-2-1-3-5-36)43(45(51)60)46-52-23-18-40(54-46)31-6-10-33(11-7-31)53-34-21-24-56(25-22-34)29-30-19-26-57(27-20-30)35-12-15-38-39(28-35)49(63)58(48(38)62)41-16-17-42(59)55-47(41)61/h1-5,8-9,12-15,28,30-31,33-34,40-41,50,52-54H,6-7,10-11,16-27,29H2,(H2,51,60)(H,55,59,61)/b46-43+,50-44?. The van der Waals surface area contributed by atoms with Crippen molar-refractivity contribution in [2.45, 2.75) is 94.8 Å². The summed E-state index contributed by atoms with van der Waals surface area (Å²) in [5.41, 5.74) is 8.30. The van der Waals surface area contributed by atoms with Gasteiger partial charge in [-0.2, -0.15) is 0 Å². The van der Waals surface area contributed by atoms with Crippen LogP contribution < -0.4 is 36.6 Å². The van der Waals surface area contributed by atoms with Gasteiger partial charge in [-0.1, -0.05) is 18.2 Å². The second kappa shape index (κ2) is 19.0. The van der Waals surface area contributed by atoms with Crippen molar-refractivity contribution in [3.05, 3.63) is 101 Å². The van der Waals surface area contributed by atoms with Gasteiger partial charge in [-0.05, 0) is 144 Å². The Balaban J connectivity index is 0.698. The highest BCUT2D eigenvalue weighted by Gasteiger charge is 2.45. The van der Waals surface area contributed by atoms with E-state index in [9.17, 15) is 24.0 Å². The molecule has 4 saturated heterocycles. The number of imide groups is 2. The molecule has 5 fully saturated rings. The van der Waals surface area contributed by atoms with Crippen LogP contribution in [-0.2, 0) is 14.4 Å². The van der Waals surface area contributed by atoms with Crippen LogP contribution in [-0.4, -0.2) is 108 Å². The van der Waals surface area contributed by atoms with Crippen LogP contribution >= 0.6 is 0 Å². The molecule has 0 radical (unpaired) electrons. The molecular weight excluding hydrogens is 811 g/mol. The number of carbonyl (C=O) groups excluding carboxylic acids is 5. The summed E-state index contributed by atoms with van der Waals surface area (Å²) in [5.74, 6) is 0.437. The third-order valence-electron chi connectivity index (χ3n) is 14.3. The van der Waals surface area contributed by atoms with E-state index in [0.717, 1.165) is 107 Å². The van der Waals surface area contributed by atoms with Crippen molar-refractivity contribution in [1.82, 2.24) is 31.1 Å². The molecule has 1 aliphatic carbocycles. The van der Waals surface area contributed by atoms with Crippen molar-refractivity contribution < 1.29 is 28.7 Å². The topological polar surface area (TPSA) is 202 Å². The number of rotatable bonds is 12. The minimum absolute atomic E-state index is 0.0773. The van der Waals surface area contributed by atoms with Gasteiger partial charge >= 0.3 is 0 Å². The number of fused-ring (bicyclic) bond motifs is 1. The molecular formula is C49H59N9O6. The second-order valence-corrected chi connectivity index (χ2v) is 18.4. The van der Waals surface area contributed by atoms with E-state index in [4.69, 9.17) is 15.9 Å². The van der Waals surface area contributed by atoms with Crippen LogP contribution in [0.4, 0.5) is 5.69 Å². The lowest BCUT2D eigenvalue weighted by atomic mass is 9.79. The number of amides is 5. The molecule has 64 heavy (non-hydrogen) atoms. The van der Waals surface area contributed by atoms with Gasteiger partial charge in [-0.3, -0.25) is 39.6 Å². The molecule has 336 valence electrons. The van der Waals surface area contributed by atoms with E-state index >= 15 is 0 Å². The van der Waals surface area contributed by atoms with E-state index in [2.05, 4.69) is 31.1 Å². The first-order valence-electron chi connectivity index (χ1n) is 23.1. The summed E-state index contributed by atoms with van der Waals surface area (Å²) in [4.78, 5) is 69.4. The van der Waals surface area contributed by atoms with Crippen LogP contribution in [0.3, 0.4) is 0 Å². The summed E-state index contributed by atoms with van der Waals surface area (Å²) < 4.78 is 5.91. The predicted octanol–water partition coefficient (Wildman–Crippen LogP) is 4.43. The Morgan fingerprint density at radius 2 is 1.45 bits per heavy atom. The Hall–Kier alpha value is -6.06. The monoisotopic (exact) mass is 869 g/mol. The molecule has 3 aromatic rings. The minimum Gasteiger partial charge on any atom is -0.457 e. The van der Waals surface area contributed by atoms with Crippen LogP contribution in [0.15, 0.2) is 84.2 Å². The van der Waals surface area contributed by atoms with E-state index in [0.29, 0.717) is 58.7 Å². The number of primary amides is 1. The number of nitrogens with two attached hydrogens (primary N) is 1. The summed E-state index contributed by atoms with van der Waals surface area (Å²) in [6, 6.07) is 22.3. The number of nitrogens with one attached hydrogen (secondary N) is 5. The summed E-state index contributed by atoms with van der Waals surface area (Å²) in [7, 11) is 0. The number of likely N-dealkylation sites (tertiary alicyclic amines) is 1. The summed E-state index contributed by atoms with van der Waals surface area (Å²) >= 11 is 0. The molecule has 2 unspecified atom stereocenters. The Labute approximate surface area is 374 Å². The first kappa shape index (κ1) is 43.2. The molecule has 7 N–H and O–H groups in total. The number of anilines is 1. The zero-order valence-corrected chi connectivity index (χ0v) is 36.3. The predicted molar refractivity (Wildman–Crippen MR) is 242 cm³/mol. The molecule has 5 amide bonds. The fourth-order valence-corrected chi connectivity index (χ4v) is 10.7. The van der Waals surface area contributed by atoms with E-state index in [1.165, 1.54) is 0 Å². The average molecular weight is 870 g/mol. The van der Waals surface area contributed by atoms with Crippen molar-refractivity contribution in [2.75, 3.05) is 44.2 Å². The van der Waals surface area contributed by atoms with Crippen molar-refractivity contribution in [3.63, 3.8) is 0 Å². The Bertz CT molecular complexity index is 2290. The highest BCUT2D eigenvalue weighted by Crippen LogP contribution is 2.34. The number of hydrogen-bond acceptors (Lipinski definition) is 12. The molecule has 3 aromatic carbocycles. The third kappa shape index (κ3) is 9.41. The molecule has 5 aliphatic heterocycles. The number of carbonyl (C=O) groups is 5. The Morgan fingerprint density at radius 3 is 2.16 bits per heavy atom. The van der Waals surface area contributed by atoms with Crippen LogP contribution in [0, 0.1) is 17.2 Å². The quantitative estimate of drug-likeness (QED) is 0.0855. The fraction of sp³-hybridized carbons (Fsp3) is 0.469. The van der Waals surface area contributed by atoms with Crippen molar-refractivity contribution in [1.29, 1.82) is 5.41 Å². The highest BCUT2D eigenvalue weighted by atomic mass is 16.5. The molecule has 0 aromatic heterocycles. The second-order valence-electron chi connectivity index (χ2n) is 18.4. The molecule has 9 rings (SSSR count). The zero-order valence-electron chi connectivity index (χ0n) is 36.3. The Kier molecular flexibility index (Phi) is 12.8. The number of benzene rings is 3. The maximum absolute atomic E-state index is 13.4. The smallest absolute Gasteiger partial charge is 0.262 e. The number of nitrogens with zero attached hydrogens (tertiary/aromatic N) is 3. The van der Waals surface area contributed by atoms with Gasteiger partial charge in [0.2, 0.25) is 11.8 Å². The van der Waals surface area contributed by atoms with Gasteiger partial charge in [0.25, 0.3) is 17.7 Å².